The molecule has 1 aromatic heterocycles. The van der Waals surface area contributed by atoms with Gasteiger partial charge in [0.25, 0.3) is 0 Å². The molecule has 5 heteroatoms. The van der Waals surface area contributed by atoms with E-state index in [9.17, 15) is 4.79 Å². The van der Waals surface area contributed by atoms with Crippen molar-refractivity contribution in [2.45, 2.75) is 12.8 Å². The van der Waals surface area contributed by atoms with E-state index >= 15 is 0 Å². The maximum atomic E-state index is 12.1. The van der Waals surface area contributed by atoms with Crippen LogP contribution < -0.4 is 10.6 Å². The number of benzene rings is 1. The van der Waals surface area contributed by atoms with Gasteiger partial charge in [0.15, 0.2) is 0 Å². The zero-order valence-electron chi connectivity index (χ0n) is 14.2. The lowest BCUT2D eigenvalue weighted by Gasteiger charge is -2.22. The predicted octanol–water partition coefficient (Wildman–Crippen LogP) is 3.80. The van der Waals surface area contributed by atoms with Crippen molar-refractivity contribution < 1.29 is 9.53 Å². The Labute approximate surface area is 148 Å². The first-order chi connectivity index (χ1) is 12.3. The van der Waals surface area contributed by atoms with Gasteiger partial charge in [0.1, 0.15) is 0 Å². The van der Waals surface area contributed by atoms with Gasteiger partial charge in [-0.1, -0.05) is 24.3 Å². The van der Waals surface area contributed by atoms with Crippen LogP contribution >= 0.6 is 0 Å². The summed E-state index contributed by atoms with van der Waals surface area (Å²) in [5.41, 5.74) is 2.66. The number of hydrogen-bond acceptors (Lipinski definition) is 3. The average molecular weight is 337 g/mol. The van der Waals surface area contributed by atoms with Gasteiger partial charge in [0.2, 0.25) is 0 Å². The fourth-order valence-electron chi connectivity index (χ4n) is 2.76. The molecule has 2 amide bonds. The molecule has 3 rings (SSSR count). The third-order valence-electron chi connectivity index (χ3n) is 4.08. The van der Waals surface area contributed by atoms with Gasteiger partial charge in [-0.05, 0) is 54.7 Å². The number of hydrogen-bond donors (Lipinski definition) is 2. The number of pyridine rings is 1. The number of ether oxygens (including phenoxy) is 1. The van der Waals surface area contributed by atoms with Crippen molar-refractivity contribution in [2.24, 2.45) is 5.92 Å². The van der Waals surface area contributed by atoms with Crippen molar-refractivity contribution in [3.05, 3.63) is 59.9 Å². The Kier molecular flexibility index (Phi) is 6.17. The number of anilines is 1. The van der Waals surface area contributed by atoms with E-state index in [1.54, 1.807) is 6.20 Å². The number of rotatable bonds is 5. The Bertz CT molecular complexity index is 710. The summed E-state index contributed by atoms with van der Waals surface area (Å²) in [5.74, 6) is 0.409. The number of amides is 2. The topological polar surface area (TPSA) is 63.2 Å². The predicted molar refractivity (Wildman–Crippen MR) is 100 cm³/mol. The van der Waals surface area contributed by atoms with Crippen LogP contribution in [0.2, 0.25) is 0 Å². The average Bonchev–Trinajstić information content (AvgIpc) is 2.67. The first-order valence-corrected chi connectivity index (χ1v) is 8.61. The molecule has 1 saturated heterocycles. The third kappa shape index (κ3) is 5.72. The summed E-state index contributed by atoms with van der Waals surface area (Å²) >= 11 is 0. The van der Waals surface area contributed by atoms with Crippen LogP contribution in [0, 0.1) is 5.92 Å². The van der Waals surface area contributed by atoms with Crippen molar-refractivity contribution in [3.63, 3.8) is 0 Å². The summed E-state index contributed by atoms with van der Waals surface area (Å²) in [4.78, 5) is 16.3. The molecule has 25 heavy (non-hydrogen) atoms. The van der Waals surface area contributed by atoms with Gasteiger partial charge in [0.05, 0.1) is 12.3 Å². The Balaban J connectivity index is 1.52. The van der Waals surface area contributed by atoms with Crippen molar-refractivity contribution in [3.8, 4) is 0 Å². The van der Waals surface area contributed by atoms with Gasteiger partial charge < -0.3 is 15.4 Å². The molecule has 0 bridgehead atoms. The van der Waals surface area contributed by atoms with Crippen molar-refractivity contribution >= 4 is 23.9 Å². The van der Waals surface area contributed by atoms with Crippen LogP contribution in [0.3, 0.4) is 0 Å². The maximum Gasteiger partial charge on any atom is 0.319 e. The number of aromatic nitrogens is 1. The molecule has 5 nitrogen and oxygen atoms in total. The quantitative estimate of drug-likeness (QED) is 0.872. The molecule has 0 spiro atoms. The summed E-state index contributed by atoms with van der Waals surface area (Å²) in [6.07, 6.45) is 7.86. The van der Waals surface area contributed by atoms with Gasteiger partial charge in [-0.2, -0.15) is 0 Å². The molecule has 1 fully saturated rings. The zero-order valence-corrected chi connectivity index (χ0v) is 14.2. The molecule has 2 N–H and O–H groups in total. The molecule has 1 atom stereocenters. The number of nitrogens with zero attached hydrogens (tertiary/aromatic N) is 1. The van der Waals surface area contributed by atoms with Gasteiger partial charge in [-0.25, -0.2) is 4.79 Å². The first kappa shape index (κ1) is 17.2. The van der Waals surface area contributed by atoms with Crippen LogP contribution in [0.4, 0.5) is 10.5 Å². The second-order valence-electron chi connectivity index (χ2n) is 6.13. The monoisotopic (exact) mass is 337 g/mol. The SMILES string of the molecule is O=C(NC[C@H]1CCCOC1)Nc1cccc(/C=C/c2ccccn2)c1. The summed E-state index contributed by atoms with van der Waals surface area (Å²) in [6, 6.07) is 13.3. The highest BCUT2D eigenvalue weighted by atomic mass is 16.5. The van der Waals surface area contributed by atoms with Gasteiger partial charge in [0, 0.05) is 25.0 Å². The molecular formula is C20H23N3O2. The van der Waals surface area contributed by atoms with E-state index in [1.807, 2.05) is 54.6 Å². The van der Waals surface area contributed by atoms with Gasteiger partial charge in [-0.15, -0.1) is 0 Å². The van der Waals surface area contributed by atoms with E-state index in [4.69, 9.17) is 4.74 Å². The van der Waals surface area contributed by atoms with Crippen LogP contribution in [0.25, 0.3) is 12.2 Å². The van der Waals surface area contributed by atoms with E-state index in [1.165, 1.54) is 0 Å². The molecule has 0 radical (unpaired) electrons. The van der Waals surface area contributed by atoms with Crippen LogP contribution in [0.5, 0.6) is 0 Å². The van der Waals surface area contributed by atoms with E-state index < -0.39 is 0 Å². The lowest BCUT2D eigenvalue weighted by atomic mass is 10.0. The normalized spacial score (nSPS) is 17.4. The molecule has 130 valence electrons. The molecule has 0 saturated carbocycles. The molecule has 1 aliphatic heterocycles. The van der Waals surface area contributed by atoms with Gasteiger partial charge >= 0.3 is 6.03 Å². The maximum absolute atomic E-state index is 12.1. The Morgan fingerprint density at radius 1 is 1.24 bits per heavy atom. The molecule has 1 aromatic carbocycles. The van der Waals surface area contributed by atoms with Crippen LogP contribution in [0.15, 0.2) is 48.7 Å². The Morgan fingerprint density at radius 3 is 3.00 bits per heavy atom. The minimum atomic E-state index is -0.184. The smallest absolute Gasteiger partial charge is 0.319 e. The first-order valence-electron chi connectivity index (χ1n) is 8.61. The van der Waals surface area contributed by atoms with Crippen molar-refractivity contribution in [1.82, 2.24) is 10.3 Å². The van der Waals surface area contributed by atoms with Crippen LogP contribution in [0.1, 0.15) is 24.1 Å². The number of carbonyl (C=O) groups is 1. The largest absolute Gasteiger partial charge is 0.381 e. The molecule has 2 heterocycles. The minimum absolute atomic E-state index is 0.184. The fourth-order valence-corrected chi connectivity index (χ4v) is 2.76. The second kappa shape index (κ2) is 8.99. The Hall–Kier alpha value is -2.66. The van der Waals surface area contributed by atoms with Crippen molar-refractivity contribution in [2.75, 3.05) is 25.1 Å². The van der Waals surface area contributed by atoms with Crippen molar-refractivity contribution in [1.29, 1.82) is 0 Å². The number of nitrogens with one attached hydrogen (secondary N) is 2. The summed E-state index contributed by atoms with van der Waals surface area (Å²) in [7, 11) is 0. The lowest BCUT2D eigenvalue weighted by molar-refractivity contribution is 0.0559. The molecule has 0 unspecified atom stereocenters. The number of urea groups is 1. The lowest BCUT2D eigenvalue weighted by Crippen LogP contribution is -2.35. The highest BCUT2D eigenvalue weighted by Gasteiger charge is 2.14. The van der Waals surface area contributed by atoms with E-state index in [0.29, 0.717) is 12.5 Å². The Morgan fingerprint density at radius 2 is 2.20 bits per heavy atom. The highest BCUT2D eigenvalue weighted by molar-refractivity contribution is 5.89. The molecule has 2 aromatic rings. The summed E-state index contributed by atoms with van der Waals surface area (Å²) in [6.45, 7) is 2.21. The summed E-state index contributed by atoms with van der Waals surface area (Å²) < 4.78 is 5.43. The molecule has 1 aliphatic rings. The van der Waals surface area contributed by atoms with Gasteiger partial charge in [-0.3, -0.25) is 4.98 Å². The zero-order chi connectivity index (χ0) is 17.3. The summed E-state index contributed by atoms with van der Waals surface area (Å²) in [5, 5.41) is 5.80. The van der Waals surface area contributed by atoms with Crippen LogP contribution in [-0.2, 0) is 4.74 Å². The van der Waals surface area contributed by atoms with E-state index in [0.717, 1.165) is 43.0 Å². The third-order valence-corrected chi connectivity index (χ3v) is 4.08. The highest BCUT2D eigenvalue weighted by Crippen LogP contribution is 2.14. The standard InChI is InChI=1S/C20H23N3O2/c24-20(22-14-17-6-4-12-25-15-17)23-19-8-3-5-16(13-19)9-10-18-7-1-2-11-21-18/h1-3,5,7-11,13,17H,4,6,12,14-15H2,(H2,22,23,24)/b10-9+/t17-/m1/s1. The minimum Gasteiger partial charge on any atom is -0.381 e. The van der Waals surface area contributed by atoms with Crippen LogP contribution in [-0.4, -0.2) is 30.8 Å². The number of carbonyl (C=O) groups excluding carboxylic acids is 1. The van der Waals surface area contributed by atoms with E-state index in [2.05, 4.69) is 15.6 Å². The fraction of sp³-hybridized carbons (Fsp3) is 0.300. The second-order valence-corrected chi connectivity index (χ2v) is 6.13. The molecule has 0 aliphatic carbocycles. The molecular weight excluding hydrogens is 314 g/mol. The van der Waals surface area contributed by atoms with E-state index in [-0.39, 0.29) is 6.03 Å².